The van der Waals surface area contributed by atoms with E-state index in [1.54, 1.807) is 7.05 Å². The van der Waals surface area contributed by atoms with Crippen LogP contribution in [-0.4, -0.2) is 32.8 Å². The van der Waals surface area contributed by atoms with Gasteiger partial charge in [-0.2, -0.15) is 4.80 Å². The Bertz CT molecular complexity index is 547. The molecular weight excluding hydrogens is 250 g/mol. The predicted molar refractivity (Wildman–Crippen MR) is 79.6 cm³/mol. The molecule has 5 nitrogen and oxygen atoms in total. The molecule has 0 bridgehead atoms. The SMILES string of the molecule is Cc1cccc(C(CNC(C)C)Cc2nnn(C)n2)c1. The van der Waals surface area contributed by atoms with E-state index in [1.807, 2.05) is 0 Å². The van der Waals surface area contributed by atoms with Gasteiger partial charge in [-0.05, 0) is 17.7 Å². The highest BCUT2D eigenvalue weighted by atomic mass is 15.6. The Morgan fingerprint density at radius 3 is 2.70 bits per heavy atom. The average Bonchev–Trinajstić information content (AvgIpc) is 2.80. The van der Waals surface area contributed by atoms with Crippen LogP contribution >= 0.6 is 0 Å². The summed E-state index contributed by atoms with van der Waals surface area (Å²) in [4.78, 5) is 1.51. The van der Waals surface area contributed by atoms with Crippen LogP contribution in [0.3, 0.4) is 0 Å². The molecule has 1 aromatic carbocycles. The van der Waals surface area contributed by atoms with Gasteiger partial charge in [0.05, 0.1) is 7.05 Å². The summed E-state index contributed by atoms with van der Waals surface area (Å²) in [6.45, 7) is 7.36. The molecule has 108 valence electrons. The van der Waals surface area contributed by atoms with Crippen LogP contribution in [0, 0.1) is 6.92 Å². The third kappa shape index (κ3) is 4.13. The summed E-state index contributed by atoms with van der Waals surface area (Å²) in [5, 5.41) is 15.8. The minimum Gasteiger partial charge on any atom is -0.314 e. The Morgan fingerprint density at radius 2 is 2.10 bits per heavy atom. The second-order valence-corrected chi connectivity index (χ2v) is 5.57. The van der Waals surface area contributed by atoms with Crippen molar-refractivity contribution in [3.63, 3.8) is 0 Å². The van der Waals surface area contributed by atoms with Gasteiger partial charge in [-0.1, -0.05) is 43.7 Å². The molecule has 0 aliphatic heterocycles. The standard InChI is InChI=1S/C15H23N5/c1-11(2)16-10-14(9-15-17-19-20(4)18-15)13-7-5-6-12(3)8-13/h5-8,11,14,16H,9-10H2,1-4H3. The van der Waals surface area contributed by atoms with E-state index in [0.717, 1.165) is 18.8 Å². The van der Waals surface area contributed by atoms with Crippen molar-refractivity contribution in [1.29, 1.82) is 0 Å². The van der Waals surface area contributed by atoms with E-state index in [0.29, 0.717) is 12.0 Å². The topological polar surface area (TPSA) is 55.6 Å². The minimum absolute atomic E-state index is 0.362. The van der Waals surface area contributed by atoms with Crippen LogP contribution in [0.15, 0.2) is 24.3 Å². The van der Waals surface area contributed by atoms with Crippen molar-refractivity contribution in [2.75, 3.05) is 6.54 Å². The van der Waals surface area contributed by atoms with Gasteiger partial charge in [0.25, 0.3) is 0 Å². The molecule has 0 saturated heterocycles. The van der Waals surface area contributed by atoms with Crippen LogP contribution in [0.5, 0.6) is 0 Å². The minimum atomic E-state index is 0.362. The van der Waals surface area contributed by atoms with Crippen molar-refractivity contribution in [2.24, 2.45) is 7.05 Å². The van der Waals surface area contributed by atoms with Crippen molar-refractivity contribution >= 4 is 0 Å². The number of benzene rings is 1. The van der Waals surface area contributed by atoms with Crippen LogP contribution in [-0.2, 0) is 13.5 Å². The summed E-state index contributed by atoms with van der Waals surface area (Å²) < 4.78 is 0. The number of hydrogen-bond acceptors (Lipinski definition) is 4. The number of rotatable bonds is 6. The number of nitrogens with zero attached hydrogens (tertiary/aromatic N) is 4. The smallest absolute Gasteiger partial charge is 0.175 e. The molecule has 0 fully saturated rings. The number of nitrogens with one attached hydrogen (secondary N) is 1. The third-order valence-corrected chi connectivity index (χ3v) is 3.26. The summed E-state index contributed by atoms with van der Waals surface area (Å²) in [5.41, 5.74) is 2.61. The van der Waals surface area contributed by atoms with Crippen molar-refractivity contribution in [3.05, 3.63) is 41.2 Å². The Labute approximate surface area is 120 Å². The molecule has 1 unspecified atom stereocenters. The van der Waals surface area contributed by atoms with Crippen LogP contribution in [0.1, 0.15) is 36.7 Å². The summed E-state index contributed by atoms with van der Waals surface area (Å²) in [6, 6.07) is 9.12. The van der Waals surface area contributed by atoms with Crippen LogP contribution in [0.4, 0.5) is 0 Å². The second kappa shape index (κ2) is 6.61. The van der Waals surface area contributed by atoms with E-state index < -0.39 is 0 Å². The summed E-state index contributed by atoms with van der Waals surface area (Å²) in [5.74, 6) is 1.16. The lowest BCUT2D eigenvalue weighted by molar-refractivity contribution is 0.519. The van der Waals surface area contributed by atoms with E-state index in [-0.39, 0.29) is 0 Å². The van der Waals surface area contributed by atoms with E-state index in [9.17, 15) is 0 Å². The first kappa shape index (κ1) is 14.7. The molecule has 5 heteroatoms. The fraction of sp³-hybridized carbons (Fsp3) is 0.533. The van der Waals surface area contributed by atoms with E-state index in [4.69, 9.17) is 0 Å². The summed E-state index contributed by atoms with van der Waals surface area (Å²) in [7, 11) is 1.80. The van der Waals surface area contributed by atoms with Crippen molar-refractivity contribution in [1.82, 2.24) is 25.5 Å². The van der Waals surface area contributed by atoms with Gasteiger partial charge in [-0.15, -0.1) is 10.2 Å². The fourth-order valence-corrected chi connectivity index (χ4v) is 2.24. The Morgan fingerprint density at radius 1 is 1.30 bits per heavy atom. The van der Waals surface area contributed by atoms with Crippen LogP contribution < -0.4 is 5.32 Å². The Balaban J connectivity index is 2.15. The summed E-state index contributed by atoms with van der Waals surface area (Å²) in [6.07, 6.45) is 0.803. The molecule has 2 aromatic rings. The lowest BCUT2D eigenvalue weighted by Gasteiger charge is -2.19. The molecule has 0 amide bonds. The van der Waals surface area contributed by atoms with Gasteiger partial charge in [0.1, 0.15) is 0 Å². The molecule has 1 N–H and O–H groups in total. The van der Waals surface area contributed by atoms with Crippen molar-refractivity contribution < 1.29 is 0 Å². The lowest BCUT2D eigenvalue weighted by Crippen LogP contribution is -2.29. The zero-order valence-electron chi connectivity index (χ0n) is 12.7. The van der Waals surface area contributed by atoms with Crippen molar-refractivity contribution in [3.8, 4) is 0 Å². The van der Waals surface area contributed by atoms with Gasteiger partial charge in [0.15, 0.2) is 5.82 Å². The zero-order chi connectivity index (χ0) is 14.5. The maximum absolute atomic E-state index is 4.29. The zero-order valence-corrected chi connectivity index (χ0v) is 12.7. The molecule has 20 heavy (non-hydrogen) atoms. The van der Waals surface area contributed by atoms with Gasteiger partial charge in [-0.25, -0.2) is 0 Å². The van der Waals surface area contributed by atoms with Gasteiger partial charge in [-0.3, -0.25) is 0 Å². The fourth-order valence-electron chi connectivity index (χ4n) is 2.24. The third-order valence-electron chi connectivity index (χ3n) is 3.26. The molecule has 1 atom stereocenters. The van der Waals surface area contributed by atoms with E-state index in [1.165, 1.54) is 15.9 Å². The molecule has 1 aromatic heterocycles. The largest absolute Gasteiger partial charge is 0.314 e. The van der Waals surface area contributed by atoms with E-state index in [2.05, 4.69) is 65.8 Å². The molecule has 1 heterocycles. The molecule has 0 spiro atoms. The summed E-state index contributed by atoms with van der Waals surface area (Å²) >= 11 is 0. The number of tetrazole rings is 1. The molecule has 0 saturated carbocycles. The first-order valence-electron chi connectivity index (χ1n) is 7.07. The molecule has 0 aliphatic carbocycles. The van der Waals surface area contributed by atoms with Gasteiger partial charge in [0, 0.05) is 24.9 Å². The highest BCUT2D eigenvalue weighted by Crippen LogP contribution is 2.20. The Hall–Kier alpha value is -1.75. The normalized spacial score (nSPS) is 12.8. The van der Waals surface area contributed by atoms with Crippen molar-refractivity contribution in [2.45, 2.75) is 39.2 Å². The first-order chi connectivity index (χ1) is 9.54. The lowest BCUT2D eigenvalue weighted by atomic mass is 9.94. The molecular formula is C15H23N5. The monoisotopic (exact) mass is 273 g/mol. The average molecular weight is 273 g/mol. The highest BCUT2D eigenvalue weighted by Gasteiger charge is 2.16. The number of hydrogen-bond donors (Lipinski definition) is 1. The highest BCUT2D eigenvalue weighted by molar-refractivity contribution is 5.26. The van der Waals surface area contributed by atoms with Crippen LogP contribution in [0.2, 0.25) is 0 Å². The van der Waals surface area contributed by atoms with Gasteiger partial charge < -0.3 is 5.32 Å². The Kier molecular flexibility index (Phi) is 4.84. The maximum atomic E-state index is 4.29. The molecule has 0 radical (unpaired) electrons. The second-order valence-electron chi connectivity index (χ2n) is 5.57. The van der Waals surface area contributed by atoms with Crippen LogP contribution in [0.25, 0.3) is 0 Å². The quantitative estimate of drug-likeness (QED) is 0.872. The molecule has 2 rings (SSSR count). The van der Waals surface area contributed by atoms with E-state index >= 15 is 0 Å². The predicted octanol–water partition coefficient (Wildman–Crippen LogP) is 1.84. The number of aromatic nitrogens is 4. The van der Waals surface area contributed by atoms with Gasteiger partial charge in [0.2, 0.25) is 0 Å². The number of aryl methyl sites for hydroxylation is 2. The molecule has 0 aliphatic rings. The first-order valence-corrected chi connectivity index (χ1v) is 7.07. The maximum Gasteiger partial charge on any atom is 0.175 e. The van der Waals surface area contributed by atoms with Gasteiger partial charge >= 0.3 is 0 Å².